The van der Waals surface area contributed by atoms with Crippen LogP contribution < -0.4 is 16.4 Å². The Morgan fingerprint density at radius 3 is 2.29 bits per heavy atom. The van der Waals surface area contributed by atoms with Gasteiger partial charge in [-0.1, -0.05) is 0 Å². The minimum absolute atomic E-state index is 0.316. The molecule has 0 saturated carbocycles. The number of amides is 1. The Bertz CT molecular complexity index is 392. The number of carbonyl (C=O) groups is 1. The van der Waals surface area contributed by atoms with E-state index in [1.165, 1.54) is 0 Å². The van der Waals surface area contributed by atoms with Gasteiger partial charge in [0.1, 0.15) is 0 Å². The summed E-state index contributed by atoms with van der Waals surface area (Å²) in [7, 11) is 0. The van der Waals surface area contributed by atoms with Crippen molar-refractivity contribution in [1.82, 2.24) is 0 Å². The first kappa shape index (κ1) is 13.9. The molecule has 0 fully saturated rings. The Balaban J connectivity index is 3.03. The quantitative estimate of drug-likeness (QED) is 0.613. The second kappa shape index (κ2) is 6.57. The van der Waals surface area contributed by atoms with Gasteiger partial charge in [0.05, 0.1) is 5.56 Å². The van der Waals surface area contributed by atoms with E-state index in [0.717, 1.165) is 5.69 Å². The van der Waals surface area contributed by atoms with Crippen molar-refractivity contribution in [3.8, 4) is 0 Å². The number of alkyl halides is 2. The molecule has 0 spiro atoms. The minimum atomic E-state index is -0.541. The molecule has 17 heavy (non-hydrogen) atoms. The molecule has 0 aromatic heterocycles. The van der Waals surface area contributed by atoms with Crippen LogP contribution in [0.3, 0.4) is 0 Å². The SMILES string of the molecule is NC(=O)c1cc(N(CCCl)CCCl)ccc1N. The average Bonchev–Trinajstić information content (AvgIpc) is 2.29. The van der Waals surface area contributed by atoms with Gasteiger partial charge in [-0.25, -0.2) is 0 Å². The number of anilines is 2. The van der Waals surface area contributed by atoms with E-state index in [-0.39, 0.29) is 0 Å². The molecule has 94 valence electrons. The van der Waals surface area contributed by atoms with E-state index < -0.39 is 5.91 Å². The first-order valence-electron chi connectivity index (χ1n) is 5.16. The number of hydrogen-bond acceptors (Lipinski definition) is 3. The molecule has 4 N–H and O–H groups in total. The lowest BCUT2D eigenvalue weighted by Crippen LogP contribution is -2.28. The van der Waals surface area contributed by atoms with Crippen molar-refractivity contribution in [3.05, 3.63) is 23.8 Å². The van der Waals surface area contributed by atoms with Crippen LogP contribution in [0.2, 0.25) is 0 Å². The number of nitrogen functional groups attached to an aromatic ring is 1. The highest BCUT2D eigenvalue weighted by Crippen LogP contribution is 2.21. The smallest absolute Gasteiger partial charge is 0.250 e. The fraction of sp³-hybridized carbons (Fsp3) is 0.364. The van der Waals surface area contributed by atoms with Gasteiger partial charge in [-0.15, -0.1) is 23.2 Å². The van der Waals surface area contributed by atoms with E-state index in [2.05, 4.69) is 0 Å². The van der Waals surface area contributed by atoms with E-state index in [4.69, 9.17) is 34.7 Å². The molecule has 0 atom stereocenters. The summed E-state index contributed by atoms with van der Waals surface area (Å²) in [5.74, 6) is 0.418. The van der Waals surface area contributed by atoms with Crippen molar-refractivity contribution in [2.75, 3.05) is 35.5 Å². The summed E-state index contributed by atoms with van der Waals surface area (Å²) >= 11 is 11.4. The molecular formula is C11H15Cl2N3O. The average molecular weight is 276 g/mol. The van der Waals surface area contributed by atoms with Crippen LogP contribution >= 0.6 is 23.2 Å². The van der Waals surface area contributed by atoms with Crippen LogP contribution in [0.1, 0.15) is 10.4 Å². The second-order valence-corrected chi connectivity index (χ2v) is 4.26. The third-order valence-corrected chi connectivity index (χ3v) is 2.71. The summed E-state index contributed by atoms with van der Waals surface area (Å²) in [5, 5.41) is 0. The van der Waals surface area contributed by atoms with Gasteiger partial charge in [-0.05, 0) is 18.2 Å². The van der Waals surface area contributed by atoms with Crippen LogP contribution in [0.4, 0.5) is 11.4 Å². The molecule has 1 aromatic rings. The predicted molar refractivity (Wildman–Crippen MR) is 73.0 cm³/mol. The zero-order valence-corrected chi connectivity index (χ0v) is 10.8. The maximum absolute atomic E-state index is 11.2. The summed E-state index contributed by atoms with van der Waals surface area (Å²) in [6.07, 6.45) is 0. The zero-order valence-electron chi connectivity index (χ0n) is 9.33. The highest BCUT2D eigenvalue weighted by Gasteiger charge is 2.11. The summed E-state index contributed by atoms with van der Waals surface area (Å²) in [5.41, 5.74) is 12.4. The lowest BCUT2D eigenvalue weighted by molar-refractivity contribution is 0.100. The van der Waals surface area contributed by atoms with Crippen molar-refractivity contribution >= 4 is 40.5 Å². The minimum Gasteiger partial charge on any atom is -0.398 e. The molecule has 1 rings (SSSR count). The van der Waals surface area contributed by atoms with Gasteiger partial charge in [-0.3, -0.25) is 4.79 Å². The zero-order chi connectivity index (χ0) is 12.8. The van der Waals surface area contributed by atoms with Gasteiger partial charge in [-0.2, -0.15) is 0 Å². The molecule has 4 nitrogen and oxygen atoms in total. The van der Waals surface area contributed by atoms with Gasteiger partial charge >= 0.3 is 0 Å². The van der Waals surface area contributed by atoms with E-state index in [0.29, 0.717) is 36.1 Å². The molecule has 0 aliphatic heterocycles. The topological polar surface area (TPSA) is 72.4 Å². The monoisotopic (exact) mass is 275 g/mol. The summed E-state index contributed by atoms with van der Waals surface area (Å²) in [6.45, 7) is 1.30. The van der Waals surface area contributed by atoms with Crippen molar-refractivity contribution in [3.63, 3.8) is 0 Å². The van der Waals surface area contributed by atoms with Crippen LogP contribution in [0.15, 0.2) is 18.2 Å². The Morgan fingerprint density at radius 1 is 1.24 bits per heavy atom. The predicted octanol–water partition coefficient (Wildman–Crippen LogP) is 1.65. The van der Waals surface area contributed by atoms with E-state index in [9.17, 15) is 4.79 Å². The second-order valence-electron chi connectivity index (χ2n) is 3.50. The molecule has 0 unspecified atom stereocenters. The molecule has 6 heteroatoms. The molecule has 0 aliphatic rings. The number of primary amides is 1. The number of nitrogens with two attached hydrogens (primary N) is 2. The highest BCUT2D eigenvalue weighted by molar-refractivity contribution is 6.18. The van der Waals surface area contributed by atoms with Gasteiger partial charge in [0.15, 0.2) is 0 Å². The fourth-order valence-corrected chi connectivity index (χ4v) is 1.94. The van der Waals surface area contributed by atoms with Crippen LogP contribution in [-0.4, -0.2) is 30.8 Å². The first-order chi connectivity index (χ1) is 8.10. The van der Waals surface area contributed by atoms with E-state index in [1.807, 2.05) is 11.0 Å². The van der Waals surface area contributed by atoms with Gasteiger partial charge in [0.2, 0.25) is 0 Å². The molecule has 1 aromatic carbocycles. The number of rotatable bonds is 6. The van der Waals surface area contributed by atoms with E-state index in [1.54, 1.807) is 12.1 Å². The number of benzene rings is 1. The van der Waals surface area contributed by atoms with Crippen molar-refractivity contribution < 1.29 is 4.79 Å². The number of halogens is 2. The standard InChI is InChI=1S/C11H15Cl2N3O/c12-3-5-16(6-4-13)8-1-2-10(14)9(7-8)11(15)17/h1-2,7H,3-6,14H2,(H2,15,17). The Morgan fingerprint density at radius 2 is 1.82 bits per heavy atom. The fourth-order valence-electron chi connectivity index (χ4n) is 1.53. The molecule has 0 bridgehead atoms. The van der Waals surface area contributed by atoms with Gasteiger partial charge in [0.25, 0.3) is 5.91 Å². The molecule has 1 amide bonds. The maximum atomic E-state index is 11.2. The maximum Gasteiger partial charge on any atom is 0.250 e. The summed E-state index contributed by atoms with van der Waals surface area (Å²) in [6, 6.07) is 5.14. The van der Waals surface area contributed by atoms with Crippen LogP contribution in [0.25, 0.3) is 0 Å². The van der Waals surface area contributed by atoms with Crippen LogP contribution in [0.5, 0.6) is 0 Å². The molecule has 0 heterocycles. The Hall–Kier alpha value is -1.13. The molecule has 0 aliphatic carbocycles. The molecule has 0 radical (unpaired) electrons. The Labute approximate surface area is 110 Å². The lowest BCUT2D eigenvalue weighted by Gasteiger charge is -2.23. The third kappa shape index (κ3) is 3.68. The van der Waals surface area contributed by atoms with E-state index >= 15 is 0 Å². The van der Waals surface area contributed by atoms with Crippen molar-refractivity contribution in [1.29, 1.82) is 0 Å². The molecule has 0 saturated heterocycles. The van der Waals surface area contributed by atoms with Crippen LogP contribution in [0, 0.1) is 0 Å². The lowest BCUT2D eigenvalue weighted by atomic mass is 10.1. The Kier molecular flexibility index (Phi) is 5.38. The number of hydrogen-bond donors (Lipinski definition) is 2. The third-order valence-electron chi connectivity index (χ3n) is 2.38. The normalized spacial score (nSPS) is 10.2. The van der Waals surface area contributed by atoms with Crippen molar-refractivity contribution in [2.45, 2.75) is 0 Å². The van der Waals surface area contributed by atoms with Gasteiger partial charge < -0.3 is 16.4 Å². The number of carbonyl (C=O) groups excluding carboxylic acids is 1. The van der Waals surface area contributed by atoms with Crippen LogP contribution in [-0.2, 0) is 0 Å². The first-order valence-corrected chi connectivity index (χ1v) is 6.23. The van der Waals surface area contributed by atoms with Crippen molar-refractivity contribution in [2.24, 2.45) is 5.73 Å². The summed E-state index contributed by atoms with van der Waals surface area (Å²) < 4.78 is 0. The van der Waals surface area contributed by atoms with Gasteiger partial charge in [0, 0.05) is 36.2 Å². The number of nitrogens with zero attached hydrogens (tertiary/aromatic N) is 1. The largest absolute Gasteiger partial charge is 0.398 e. The summed E-state index contributed by atoms with van der Waals surface area (Å²) in [4.78, 5) is 13.2. The highest BCUT2D eigenvalue weighted by atomic mass is 35.5. The molecular weight excluding hydrogens is 261 g/mol.